The van der Waals surface area contributed by atoms with Gasteiger partial charge in [0.2, 0.25) is 17.7 Å². The van der Waals surface area contributed by atoms with Crippen molar-refractivity contribution < 1.29 is 19.5 Å². The molecule has 1 heterocycles. The minimum atomic E-state index is -0.270. The summed E-state index contributed by atoms with van der Waals surface area (Å²) in [5.74, 6) is -0.703. The molecule has 2 fully saturated rings. The lowest BCUT2D eigenvalue weighted by atomic mass is 9.89. The minimum absolute atomic E-state index is 0.0964. The molecule has 3 amide bonds. The lowest BCUT2D eigenvalue weighted by Gasteiger charge is -2.18. The van der Waals surface area contributed by atoms with Gasteiger partial charge >= 0.3 is 0 Å². The van der Waals surface area contributed by atoms with Gasteiger partial charge < -0.3 is 10.4 Å². The first-order valence-corrected chi connectivity index (χ1v) is 9.03. The lowest BCUT2D eigenvalue weighted by molar-refractivity contribution is -0.141. The smallest absolute Gasteiger partial charge is 0.233 e. The molecule has 0 spiro atoms. The molecule has 4 unspecified atom stereocenters. The van der Waals surface area contributed by atoms with Crippen LogP contribution in [0.5, 0.6) is 0 Å². The quantitative estimate of drug-likeness (QED) is 0.511. The van der Waals surface area contributed by atoms with Gasteiger partial charge in [0.15, 0.2) is 0 Å². The van der Waals surface area contributed by atoms with Crippen LogP contribution in [0.25, 0.3) is 0 Å². The minimum Gasteiger partial charge on any atom is -0.395 e. The predicted molar refractivity (Wildman–Crippen MR) is 94.3 cm³/mol. The van der Waals surface area contributed by atoms with Crippen molar-refractivity contribution in [2.45, 2.75) is 33.1 Å². The van der Waals surface area contributed by atoms with E-state index in [2.05, 4.69) is 5.32 Å². The van der Waals surface area contributed by atoms with E-state index in [9.17, 15) is 14.4 Å². The number of likely N-dealkylation sites (tertiary alicyclic amines) is 1. The van der Waals surface area contributed by atoms with Crippen LogP contribution in [0.2, 0.25) is 0 Å². The van der Waals surface area contributed by atoms with Crippen molar-refractivity contribution in [3.05, 3.63) is 24.3 Å². The van der Waals surface area contributed by atoms with Crippen molar-refractivity contribution in [1.82, 2.24) is 10.2 Å². The van der Waals surface area contributed by atoms with E-state index in [0.717, 1.165) is 6.42 Å². The molecule has 25 heavy (non-hydrogen) atoms. The Kier molecular flexibility index (Phi) is 6.93. The summed E-state index contributed by atoms with van der Waals surface area (Å²) in [4.78, 5) is 38.5. The second-order valence-electron chi connectivity index (χ2n) is 6.67. The Morgan fingerprint density at radius 1 is 1.16 bits per heavy atom. The second kappa shape index (κ2) is 8.94. The van der Waals surface area contributed by atoms with Gasteiger partial charge in [-0.3, -0.25) is 19.3 Å². The zero-order valence-electron chi connectivity index (χ0n) is 15.0. The normalized spacial score (nSPS) is 29.2. The van der Waals surface area contributed by atoms with Crippen LogP contribution in [0.1, 0.15) is 33.1 Å². The number of amides is 3. The average Bonchev–Trinajstić information content (AvgIpc) is 3.05. The summed E-state index contributed by atoms with van der Waals surface area (Å²) in [5.41, 5.74) is 0. The van der Waals surface area contributed by atoms with Gasteiger partial charge in [-0.2, -0.15) is 0 Å². The molecular weight excluding hydrogens is 320 g/mol. The molecule has 2 aliphatic rings. The second-order valence-corrected chi connectivity index (χ2v) is 6.67. The van der Waals surface area contributed by atoms with Crippen molar-refractivity contribution in [2.75, 3.05) is 19.7 Å². The maximum Gasteiger partial charge on any atom is 0.233 e. The number of rotatable bonds is 8. The van der Waals surface area contributed by atoms with Crippen LogP contribution in [0.15, 0.2) is 24.3 Å². The Bertz CT molecular complexity index is 534. The van der Waals surface area contributed by atoms with Crippen molar-refractivity contribution in [1.29, 1.82) is 0 Å². The molecular formula is C19H28N2O4. The number of aliphatic hydroxyl groups excluding tert-OH is 1. The Balaban J connectivity index is 2.01. The molecule has 1 saturated carbocycles. The highest BCUT2D eigenvalue weighted by atomic mass is 16.3. The monoisotopic (exact) mass is 348 g/mol. The van der Waals surface area contributed by atoms with Crippen LogP contribution >= 0.6 is 0 Å². The third-order valence-corrected chi connectivity index (χ3v) is 5.05. The van der Waals surface area contributed by atoms with Crippen LogP contribution in [-0.2, 0) is 14.4 Å². The molecule has 0 bridgehead atoms. The number of nitrogens with one attached hydrogen (secondary N) is 1. The number of imide groups is 1. The molecule has 4 atom stereocenters. The van der Waals surface area contributed by atoms with Crippen molar-refractivity contribution in [3.8, 4) is 0 Å². The van der Waals surface area contributed by atoms with Gasteiger partial charge in [-0.15, -0.1) is 0 Å². The average molecular weight is 348 g/mol. The summed E-state index contributed by atoms with van der Waals surface area (Å²) < 4.78 is 0. The molecule has 1 aliphatic carbocycles. The van der Waals surface area contributed by atoms with Crippen LogP contribution in [0.3, 0.4) is 0 Å². The lowest BCUT2D eigenvalue weighted by Crippen LogP contribution is -2.35. The molecule has 2 N–H and O–H groups in total. The van der Waals surface area contributed by atoms with Gasteiger partial charge in [0.05, 0.1) is 18.4 Å². The summed E-state index contributed by atoms with van der Waals surface area (Å²) in [7, 11) is 0. The SMILES string of the molecule is CC=CC1CC(C=CC)C2C(=O)N(CCCC(=O)NCCO)C(=O)C12. The highest BCUT2D eigenvalue weighted by Crippen LogP contribution is 2.48. The fraction of sp³-hybridized carbons (Fsp3) is 0.632. The molecule has 138 valence electrons. The fourth-order valence-corrected chi connectivity index (χ4v) is 4.07. The molecule has 0 radical (unpaired) electrons. The number of hydrogen-bond donors (Lipinski definition) is 2. The van der Waals surface area contributed by atoms with Gasteiger partial charge in [0.25, 0.3) is 0 Å². The van der Waals surface area contributed by atoms with Crippen molar-refractivity contribution >= 4 is 17.7 Å². The topological polar surface area (TPSA) is 86.7 Å². The molecule has 0 aromatic carbocycles. The first kappa shape index (κ1) is 19.4. The number of aliphatic hydroxyl groups is 1. The highest BCUT2D eigenvalue weighted by Gasteiger charge is 2.56. The summed E-state index contributed by atoms with van der Waals surface area (Å²) in [5, 5.41) is 11.3. The zero-order chi connectivity index (χ0) is 18.4. The van der Waals surface area contributed by atoms with E-state index in [4.69, 9.17) is 5.11 Å². The highest BCUT2D eigenvalue weighted by molar-refractivity contribution is 6.06. The summed E-state index contributed by atoms with van der Waals surface area (Å²) in [6.45, 7) is 4.27. The van der Waals surface area contributed by atoms with Gasteiger partial charge in [-0.1, -0.05) is 24.3 Å². The van der Waals surface area contributed by atoms with Gasteiger partial charge in [0, 0.05) is 19.5 Å². The number of allylic oxidation sites excluding steroid dienone is 4. The largest absolute Gasteiger partial charge is 0.395 e. The Hall–Kier alpha value is -1.95. The molecule has 0 aromatic heterocycles. The summed E-state index contributed by atoms with van der Waals surface area (Å²) in [6, 6.07) is 0. The number of nitrogens with zero attached hydrogens (tertiary/aromatic N) is 1. The zero-order valence-corrected chi connectivity index (χ0v) is 15.0. The van der Waals surface area contributed by atoms with Crippen LogP contribution in [-0.4, -0.2) is 47.4 Å². The third kappa shape index (κ3) is 4.18. The van der Waals surface area contributed by atoms with E-state index >= 15 is 0 Å². The number of fused-ring (bicyclic) bond motifs is 1. The predicted octanol–water partition coefficient (Wildman–Crippen LogP) is 1.26. The first-order valence-electron chi connectivity index (χ1n) is 9.03. The first-order chi connectivity index (χ1) is 12.0. The van der Waals surface area contributed by atoms with E-state index in [-0.39, 0.29) is 67.5 Å². The number of carbonyl (C=O) groups excluding carboxylic acids is 3. The third-order valence-electron chi connectivity index (χ3n) is 5.05. The van der Waals surface area contributed by atoms with Crippen LogP contribution < -0.4 is 5.32 Å². The van der Waals surface area contributed by atoms with E-state index in [0.29, 0.717) is 6.42 Å². The molecule has 1 aliphatic heterocycles. The van der Waals surface area contributed by atoms with E-state index in [1.165, 1.54) is 4.90 Å². The van der Waals surface area contributed by atoms with Crippen LogP contribution in [0.4, 0.5) is 0 Å². The van der Waals surface area contributed by atoms with Gasteiger partial charge in [0.1, 0.15) is 0 Å². The molecule has 2 rings (SSSR count). The Morgan fingerprint density at radius 3 is 2.20 bits per heavy atom. The molecule has 6 heteroatoms. The summed E-state index contributed by atoms with van der Waals surface area (Å²) >= 11 is 0. The summed E-state index contributed by atoms with van der Waals surface area (Å²) in [6.07, 6.45) is 9.49. The van der Waals surface area contributed by atoms with Crippen LogP contribution in [0, 0.1) is 23.7 Å². The fourth-order valence-electron chi connectivity index (χ4n) is 4.07. The van der Waals surface area contributed by atoms with Crippen molar-refractivity contribution in [3.63, 3.8) is 0 Å². The maximum absolute atomic E-state index is 12.8. The van der Waals surface area contributed by atoms with E-state index < -0.39 is 0 Å². The number of carbonyl (C=O) groups is 3. The van der Waals surface area contributed by atoms with Crippen molar-refractivity contribution in [2.24, 2.45) is 23.7 Å². The Morgan fingerprint density at radius 2 is 1.72 bits per heavy atom. The van der Waals surface area contributed by atoms with Gasteiger partial charge in [-0.25, -0.2) is 0 Å². The standard InChI is InChI=1S/C19H28N2O4/c1-3-6-13-12-14(7-4-2)17-16(13)18(24)21(19(17)25)10-5-8-15(23)20-9-11-22/h3-4,6-7,13-14,16-17,22H,5,8-12H2,1-2H3,(H,20,23). The van der Waals surface area contributed by atoms with E-state index in [1.807, 2.05) is 38.2 Å². The maximum atomic E-state index is 12.8. The molecule has 1 saturated heterocycles. The number of hydrogen-bond acceptors (Lipinski definition) is 4. The van der Waals surface area contributed by atoms with Gasteiger partial charge in [-0.05, 0) is 38.5 Å². The molecule has 6 nitrogen and oxygen atoms in total. The molecule has 0 aromatic rings. The van der Waals surface area contributed by atoms with E-state index in [1.54, 1.807) is 0 Å². The Labute approximate surface area is 149 Å².